The number of hydrogen-bond acceptors (Lipinski definition) is 6. The average Bonchev–Trinajstić information content (AvgIpc) is 2.88. The van der Waals surface area contributed by atoms with Gasteiger partial charge in [-0.1, -0.05) is 11.3 Å². The molecule has 1 aromatic heterocycles. The molecular weight excluding hydrogens is 252 g/mol. The molecule has 6 heteroatoms. The van der Waals surface area contributed by atoms with Crippen molar-refractivity contribution in [2.24, 2.45) is 5.92 Å². The molecule has 0 unspecified atom stereocenters. The zero-order valence-corrected chi connectivity index (χ0v) is 11.5. The number of methoxy groups -OCH3 is 1. The lowest BCUT2D eigenvalue weighted by molar-refractivity contribution is 0.0606. The first kappa shape index (κ1) is 13.3. The van der Waals surface area contributed by atoms with Crippen LogP contribution in [0.1, 0.15) is 22.5 Å². The van der Waals surface area contributed by atoms with E-state index in [0.29, 0.717) is 10.8 Å². The summed E-state index contributed by atoms with van der Waals surface area (Å²) in [4.78, 5) is 18.3. The van der Waals surface area contributed by atoms with E-state index < -0.39 is 0 Å². The topological polar surface area (TPSA) is 51.7 Å². The first-order valence-electron chi connectivity index (χ1n) is 6.03. The van der Waals surface area contributed by atoms with Gasteiger partial charge >= 0.3 is 5.97 Å². The highest BCUT2D eigenvalue weighted by molar-refractivity contribution is 7.17. The van der Waals surface area contributed by atoms with Crippen molar-refractivity contribution in [3.05, 3.63) is 11.1 Å². The van der Waals surface area contributed by atoms with Gasteiger partial charge in [-0.3, -0.25) is 0 Å². The van der Waals surface area contributed by atoms with E-state index in [0.717, 1.165) is 37.7 Å². The molecule has 5 nitrogen and oxygen atoms in total. The number of hydrogen-bond donors (Lipinski definition) is 0. The van der Waals surface area contributed by atoms with Crippen LogP contribution in [0.25, 0.3) is 0 Å². The van der Waals surface area contributed by atoms with Crippen LogP contribution >= 0.6 is 11.3 Å². The van der Waals surface area contributed by atoms with E-state index in [2.05, 4.69) is 14.6 Å². The van der Waals surface area contributed by atoms with E-state index >= 15 is 0 Å². The summed E-state index contributed by atoms with van der Waals surface area (Å²) < 4.78 is 10.0. The molecule has 0 spiro atoms. The number of esters is 1. The van der Waals surface area contributed by atoms with Crippen LogP contribution in [0.4, 0.5) is 5.13 Å². The second-order valence-corrected chi connectivity index (χ2v) is 5.44. The lowest BCUT2D eigenvalue weighted by Crippen LogP contribution is -2.29. The zero-order chi connectivity index (χ0) is 13.0. The van der Waals surface area contributed by atoms with Gasteiger partial charge in [-0.05, 0) is 18.8 Å². The Morgan fingerprint density at radius 2 is 2.33 bits per heavy atom. The summed E-state index contributed by atoms with van der Waals surface area (Å²) in [5.41, 5.74) is 0. The third-order valence-corrected chi connectivity index (χ3v) is 4.17. The first-order valence-corrected chi connectivity index (χ1v) is 6.85. The minimum Gasteiger partial charge on any atom is -0.465 e. The molecule has 0 amide bonds. The molecule has 0 aromatic carbocycles. The lowest BCUT2D eigenvalue weighted by Gasteiger charge is -2.26. The number of carbonyl (C=O) groups is 1. The Bertz CT molecular complexity index is 402. The summed E-state index contributed by atoms with van der Waals surface area (Å²) in [6.07, 6.45) is 3.77. The Labute approximate surface area is 111 Å². The highest BCUT2D eigenvalue weighted by atomic mass is 32.1. The molecule has 2 heterocycles. The van der Waals surface area contributed by atoms with Gasteiger partial charge in [-0.2, -0.15) is 0 Å². The van der Waals surface area contributed by atoms with Crippen molar-refractivity contribution >= 4 is 22.4 Å². The Balaban J connectivity index is 1.93. The lowest BCUT2D eigenvalue weighted by atomic mass is 10.0. The van der Waals surface area contributed by atoms with Crippen molar-refractivity contribution in [3.63, 3.8) is 0 Å². The highest BCUT2D eigenvalue weighted by Gasteiger charge is 2.18. The summed E-state index contributed by atoms with van der Waals surface area (Å²) in [7, 11) is 3.39. The maximum absolute atomic E-state index is 11.4. The van der Waals surface area contributed by atoms with Crippen molar-refractivity contribution in [3.8, 4) is 0 Å². The number of rotatable bonds is 4. The van der Waals surface area contributed by atoms with Gasteiger partial charge in [-0.25, -0.2) is 9.78 Å². The van der Waals surface area contributed by atoms with E-state index in [9.17, 15) is 4.79 Å². The Morgan fingerprint density at radius 1 is 1.61 bits per heavy atom. The van der Waals surface area contributed by atoms with Gasteiger partial charge in [0.25, 0.3) is 0 Å². The molecule has 1 aliphatic rings. The first-order chi connectivity index (χ1) is 8.70. The van der Waals surface area contributed by atoms with Crippen molar-refractivity contribution in [2.75, 3.05) is 38.8 Å². The van der Waals surface area contributed by atoms with Crippen molar-refractivity contribution in [2.45, 2.75) is 12.8 Å². The number of nitrogens with zero attached hydrogens (tertiary/aromatic N) is 2. The van der Waals surface area contributed by atoms with Crippen LogP contribution in [0.2, 0.25) is 0 Å². The summed E-state index contributed by atoms with van der Waals surface area (Å²) in [6.45, 7) is 2.66. The molecule has 0 saturated carbocycles. The van der Waals surface area contributed by atoms with E-state index in [-0.39, 0.29) is 5.97 Å². The van der Waals surface area contributed by atoms with Crippen LogP contribution in [0.3, 0.4) is 0 Å². The maximum atomic E-state index is 11.4. The number of ether oxygens (including phenoxy) is 2. The monoisotopic (exact) mass is 270 g/mol. The molecule has 1 aliphatic heterocycles. The summed E-state index contributed by atoms with van der Waals surface area (Å²) in [5, 5.41) is 0.863. The molecule has 0 bridgehead atoms. The van der Waals surface area contributed by atoms with Gasteiger partial charge in [0.1, 0.15) is 4.88 Å². The summed E-state index contributed by atoms with van der Waals surface area (Å²) in [6, 6.07) is 0. The fourth-order valence-electron chi connectivity index (χ4n) is 2.03. The summed E-state index contributed by atoms with van der Waals surface area (Å²) >= 11 is 1.37. The van der Waals surface area contributed by atoms with E-state index in [1.165, 1.54) is 18.4 Å². The van der Waals surface area contributed by atoms with Gasteiger partial charge in [0.2, 0.25) is 0 Å². The zero-order valence-electron chi connectivity index (χ0n) is 10.7. The Hall–Kier alpha value is -1.14. The normalized spacial score (nSPS) is 16.6. The van der Waals surface area contributed by atoms with Gasteiger partial charge in [-0.15, -0.1) is 0 Å². The third kappa shape index (κ3) is 3.20. The number of anilines is 1. The maximum Gasteiger partial charge on any atom is 0.349 e. The van der Waals surface area contributed by atoms with Crippen molar-refractivity contribution in [1.82, 2.24) is 4.98 Å². The minimum atomic E-state index is -0.321. The molecule has 0 atom stereocenters. The van der Waals surface area contributed by atoms with Crippen LogP contribution in [-0.2, 0) is 9.47 Å². The molecule has 0 radical (unpaired) electrons. The molecule has 1 aromatic rings. The Morgan fingerprint density at radius 3 is 3.00 bits per heavy atom. The molecule has 0 aliphatic carbocycles. The van der Waals surface area contributed by atoms with E-state index in [1.54, 1.807) is 6.20 Å². The third-order valence-electron chi connectivity index (χ3n) is 3.08. The van der Waals surface area contributed by atoms with Crippen LogP contribution in [0.5, 0.6) is 0 Å². The van der Waals surface area contributed by atoms with E-state index in [1.807, 2.05) is 7.05 Å². The standard InChI is InChI=1S/C12H18N2O3S/c1-14(8-9-3-5-17-6-4-9)12-13-7-10(18-12)11(15)16-2/h7,9H,3-6,8H2,1-2H3. The quantitative estimate of drug-likeness (QED) is 0.781. The molecular formula is C12H18N2O3S. The molecule has 0 N–H and O–H groups in total. The SMILES string of the molecule is COC(=O)c1cnc(N(C)CC2CCOCC2)s1. The molecule has 2 rings (SSSR count). The van der Waals surface area contributed by atoms with Crippen LogP contribution in [0, 0.1) is 5.92 Å². The van der Waals surface area contributed by atoms with E-state index in [4.69, 9.17) is 4.74 Å². The second-order valence-electron chi connectivity index (χ2n) is 4.43. The van der Waals surface area contributed by atoms with Gasteiger partial charge in [0.05, 0.1) is 13.3 Å². The smallest absolute Gasteiger partial charge is 0.349 e. The molecule has 18 heavy (non-hydrogen) atoms. The molecule has 100 valence electrons. The predicted molar refractivity (Wildman–Crippen MR) is 70.3 cm³/mol. The van der Waals surface area contributed by atoms with Crippen molar-refractivity contribution < 1.29 is 14.3 Å². The molecule has 1 fully saturated rings. The Kier molecular flexibility index (Phi) is 4.54. The summed E-state index contributed by atoms with van der Waals surface area (Å²) in [5.74, 6) is 0.326. The minimum absolute atomic E-state index is 0.321. The second kappa shape index (κ2) is 6.15. The van der Waals surface area contributed by atoms with Gasteiger partial charge in [0.15, 0.2) is 5.13 Å². The van der Waals surface area contributed by atoms with Crippen molar-refractivity contribution in [1.29, 1.82) is 0 Å². The average molecular weight is 270 g/mol. The number of carbonyl (C=O) groups excluding carboxylic acids is 1. The molecule has 1 saturated heterocycles. The fourth-order valence-corrected chi connectivity index (χ4v) is 2.84. The fraction of sp³-hybridized carbons (Fsp3) is 0.667. The highest BCUT2D eigenvalue weighted by Crippen LogP contribution is 2.24. The largest absolute Gasteiger partial charge is 0.465 e. The van der Waals surface area contributed by atoms with Crippen LogP contribution < -0.4 is 4.90 Å². The van der Waals surface area contributed by atoms with Crippen LogP contribution in [-0.4, -0.2) is 44.9 Å². The van der Waals surface area contributed by atoms with Gasteiger partial charge < -0.3 is 14.4 Å². The predicted octanol–water partition coefficient (Wildman–Crippen LogP) is 1.79. The van der Waals surface area contributed by atoms with Gasteiger partial charge in [0, 0.05) is 26.8 Å². The number of aromatic nitrogens is 1. The van der Waals surface area contributed by atoms with Crippen LogP contribution in [0.15, 0.2) is 6.20 Å². The number of thiazole rings is 1.